The van der Waals surface area contributed by atoms with Gasteiger partial charge in [-0.1, -0.05) is 36.4 Å². The van der Waals surface area contributed by atoms with Gasteiger partial charge in [-0.15, -0.1) is 0 Å². The second kappa shape index (κ2) is 7.87. The minimum atomic E-state index is -0.273. The summed E-state index contributed by atoms with van der Waals surface area (Å²) in [6.07, 6.45) is 0.198. The summed E-state index contributed by atoms with van der Waals surface area (Å²) in [6, 6.07) is 18.1. The largest absolute Gasteiger partial charge is 0.459 e. The molecule has 0 radical (unpaired) electrons. The molecule has 0 spiro atoms. The van der Waals surface area contributed by atoms with Crippen LogP contribution in [-0.4, -0.2) is 17.9 Å². The topological polar surface area (TPSA) is 71.3 Å². The zero-order valence-electron chi connectivity index (χ0n) is 14.9. The van der Waals surface area contributed by atoms with Crippen LogP contribution in [0.1, 0.15) is 42.4 Å². The van der Waals surface area contributed by atoms with E-state index in [2.05, 4.69) is 10.6 Å². The monoisotopic (exact) mass is 350 g/mol. The molecular weight excluding hydrogens is 328 g/mol. The van der Waals surface area contributed by atoms with E-state index in [-0.39, 0.29) is 30.3 Å². The molecule has 134 valence electrons. The third-order valence-electron chi connectivity index (χ3n) is 4.15. The van der Waals surface area contributed by atoms with E-state index in [1.807, 2.05) is 50.2 Å². The third kappa shape index (κ3) is 4.30. The molecule has 1 heterocycles. The Labute approximate surface area is 152 Å². The number of fused-ring (bicyclic) bond motifs is 1. The Morgan fingerprint density at radius 3 is 2.38 bits per heavy atom. The van der Waals surface area contributed by atoms with E-state index in [1.54, 1.807) is 24.3 Å². The van der Waals surface area contributed by atoms with Crippen molar-refractivity contribution in [2.45, 2.75) is 32.4 Å². The molecule has 2 aromatic carbocycles. The Bertz CT molecular complexity index is 869. The van der Waals surface area contributed by atoms with Crippen molar-refractivity contribution in [1.29, 1.82) is 0 Å². The summed E-state index contributed by atoms with van der Waals surface area (Å²) in [6.45, 7) is 3.69. The minimum absolute atomic E-state index is 0.140. The SMILES string of the molecule is CC(CC(=O)NC(C)c1cc2ccccc2o1)NC(=O)c1ccccc1. The predicted molar refractivity (Wildman–Crippen MR) is 101 cm³/mol. The molecule has 2 amide bonds. The zero-order valence-corrected chi connectivity index (χ0v) is 14.9. The molecular formula is C21H22N2O3. The Hall–Kier alpha value is -3.08. The van der Waals surface area contributed by atoms with Gasteiger partial charge in [0.2, 0.25) is 5.91 Å². The molecule has 0 aliphatic heterocycles. The van der Waals surface area contributed by atoms with Crippen LogP contribution in [0.25, 0.3) is 11.0 Å². The van der Waals surface area contributed by atoms with Crippen LogP contribution in [-0.2, 0) is 4.79 Å². The van der Waals surface area contributed by atoms with E-state index < -0.39 is 0 Å². The van der Waals surface area contributed by atoms with Crippen molar-refractivity contribution in [2.24, 2.45) is 0 Å². The van der Waals surface area contributed by atoms with Crippen molar-refractivity contribution in [3.63, 3.8) is 0 Å². The molecule has 2 N–H and O–H groups in total. The first-order valence-corrected chi connectivity index (χ1v) is 8.66. The van der Waals surface area contributed by atoms with Gasteiger partial charge in [-0.2, -0.15) is 0 Å². The number of nitrogens with one attached hydrogen (secondary N) is 2. The highest BCUT2D eigenvalue weighted by Gasteiger charge is 2.17. The van der Waals surface area contributed by atoms with Crippen LogP contribution in [0.2, 0.25) is 0 Å². The minimum Gasteiger partial charge on any atom is -0.459 e. The molecule has 3 rings (SSSR count). The average Bonchev–Trinajstić information content (AvgIpc) is 3.06. The van der Waals surface area contributed by atoms with Crippen LogP contribution in [0, 0.1) is 0 Å². The fourth-order valence-electron chi connectivity index (χ4n) is 2.81. The number of furan rings is 1. The van der Waals surface area contributed by atoms with Gasteiger partial charge in [-0.25, -0.2) is 0 Å². The predicted octanol–water partition coefficient (Wildman–Crippen LogP) is 3.82. The van der Waals surface area contributed by atoms with Gasteiger partial charge in [0, 0.05) is 23.4 Å². The molecule has 0 bridgehead atoms. The molecule has 26 heavy (non-hydrogen) atoms. The van der Waals surface area contributed by atoms with Crippen LogP contribution in [0.4, 0.5) is 0 Å². The third-order valence-corrected chi connectivity index (χ3v) is 4.15. The second-order valence-electron chi connectivity index (χ2n) is 6.42. The molecule has 2 unspecified atom stereocenters. The second-order valence-corrected chi connectivity index (χ2v) is 6.42. The van der Waals surface area contributed by atoms with Gasteiger partial charge in [0.25, 0.3) is 5.91 Å². The van der Waals surface area contributed by atoms with Crippen molar-refractivity contribution in [3.8, 4) is 0 Å². The maximum absolute atomic E-state index is 12.3. The van der Waals surface area contributed by atoms with Crippen molar-refractivity contribution in [1.82, 2.24) is 10.6 Å². The van der Waals surface area contributed by atoms with Gasteiger partial charge in [0.05, 0.1) is 6.04 Å². The highest BCUT2D eigenvalue weighted by atomic mass is 16.3. The van der Waals surface area contributed by atoms with Gasteiger partial charge in [0.15, 0.2) is 0 Å². The molecule has 3 aromatic rings. The Morgan fingerprint density at radius 2 is 1.65 bits per heavy atom. The lowest BCUT2D eigenvalue weighted by Crippen LogP contribution is -2.37. The lowest BCUT2D eigenvalue weighted by atomic mass is 10.1. The van der Waals surface area contributed by atoms with Gasteiger partial charge in [0.1, 0.15) is 11.3 Å². The smallest absolute Gasteiger partial charge is 0.251 e. The normalized spacial score (nSPS) is 13.2. The van der Waals surface area contributed by atoms with Crippen LogP contribution < -0.4 is 10.6 Å². The molecule has 0 fully saturated rings. The molecule has 0 saturated carbocycles. The van der Waals surface area contributed by atoms with E-state index in [4.69, 9.17) is 4.42 Å². The molecule has 0 saturated heterocycles. The first-order valence-electron chi connectivity index (χ1n) is 8.66. The van der Waals surface area contributed by atoms with Crippen molar-refractivity contribution in [3.05, 3.63) is 72.0 Å². The van der Waals surface area contributed by atoms with E-state index >= 15 is 0 Å². The quantitative estimate of drug-likeness (QED) is 0.710. The number of carbonyl (C=O) groups excluding carboxylic acids is 2. The van der Waals surface area contributed by atoms with E-state index in [1.165, 1.54) is 0 Å². The Morgan fingerprint density at radius 1 is 0.962 bits per heavy atom. The summed E-state index contributed by atoms with van der Waals surface area (Å²) in [5.74, 6) is 0.385. The fraction of sp³-hybridized carbons (Fsp3) is 0.238. The Kier molecular flexibility index (Phi) is 5.37. The molecule has 5 nitrogen and oxygen atoms in total. The molecule has 0 aliphatic rings. The summed E-state index contributed by atoms with van der Waals surface area (Å²) in [5, 5.41) is 6.76. The Balaban J connectivity index is 1.53. The molecule has 2 atom stereocenters. The average molecular weight is 350 g/mol. The number of amides is 2. The summed E-state index contributed by atoms with van der Waals surface area (Å²) >= 11 is 0. The van der Waals surface area contributed by atoms with E-state index in [0.717, 1.165) is 11.0 Å². The van der Waals surface area contributed by atoms with Crippen LogP contribution in [0.15, 0.2) is 65.1 Å². The summed E-state index contributed by atoms with van der Waals surface area (Å²) in [7, 11) is 0. The number of hydrogen-bond acceptors (Lipinski definition) is 3. The zero-order chi connectivity index (χ0) is 18.5. The maximum Gasteiger partial charge on any atom is 0.251 e. The summed E-state index contributed by atoms with van der Waals surface area (Å²) < 4.78 is 5.77. The van der Waals surface area contributed by atoms with Gasteiger partial charge in [-0.05, 0) is 38.1 Å². The first kappa shape index (κ1) is 17.7. The van der Waals surface area contributed by atoms with Gasteiger partial charge in [-0.3, -0.25) is 9.59 Å². The lowest BCUT2D eigenvalue weighted by Gasteiger charge is -2.16. The fourth-order valence-corrected chi connectivity index (χ4v) is 2.81. The standard InChI is InChI=1S/C21H22N2O3/c1-14(22-21(25)16-8-4-3-5-9-16)12-20(24)23-15(2)19-13-17-10-6-7-11-18(17)26-19/h3-11,13-15H,12H2,1-2H3,(H,22,25)(H,23,24). The molecule has 1 aromatic heterocycles. The first-order chi connectivity index (χ1) is 12.5. The highest BCUT2D eigenvalue weighted by molar-refractivity contribution is 5.94. The maximum atomic E-state index is 12.3. The van der Waals surface area contributed by atoms with Crippen LogP contribution >= 0.6 is 0 Å². The lowest BCUT2D eigenvalue weighted by molar-refractivity contribution is -0.122. The molecule has 5 heteroatoms. The van der Waals surface area contributed by atoms with Crippen LogP contribution in [0.5, 0.6) is 0 Å². The van der Waals surface area contributed by atoms with E-state index in [9.17, 15) is 9.59 Å². The summed E-state index contributed by atoms with van der Waals surface area (Å²) in [5.41, 5.74) is 1.38. The highest BCUT2D eigenvalue weighted by Crippen LogP contribution is 2.23. The summed E-state index contributed by atoms with van der Waals surface area (Å²) in [4.78, 5) is 24.4. The number of carbonyl (C=O) groups is 2. The van der Waals surface area contributed by atoms with Crippen molar-refractivity contribution in [2.75, 3.05) is 0 Å². The van der Waals surface area contributed by atoms with Gasteiger partial charge < -0.3 is 15.1 Å². The van der Waals surface area contributed by atoms with Crippen molar-refractivity contribution < 1.29 is 14.0 Å². The molecule has 0 aliphatic carbocycles. The van der Waals surface area contributed by atoms with Crippen molar-refractivity contribution >= 4 is 22.8 Å². The number of rotatable bonds is 6. The number of hydrogen-bond donors (Lipinski definition) is 2. The number of benzene rings is 2. The van der Waals surface area contributed by atoms with E-state index in [0.29, 0.717) is 11.3 Å². The number of para-hydroxylation sites is 1. The van der Waals surface area contributed by atoms with Crippen LogP contribution in [0.3, 0.4) is 0 Å². The van der Waals surface area contributed by atoms with Gasteiger partial charge >= 0.3 is 0 Å².